The second kappa shape index (κ2) is 10.2. The first-order valence-electron chi connectivity index (χ1n) is 10.6. The molecule has 2 aromatic carbocycles. The highest BCUT2D eigenvalue weighted by atomic mass is 16.5. The smallest absolute Gasteiger partial charge is 0.287 e. The predicted molar refractivity (Wildman–Crippen MR) is 118 cm³/mol. The van der Waals surface area contributed by atoms with Gasteiger partial charge in [-0.05, 0) is 37.1 Å². The number of benzene rings is 2. The van der Waals surface area contributed by atoms with Gasteiger partial charge in [0, 0.05) is 36.8 Å². The maximum absolute atomic E-state index is 12.8. The lowest BCUT2D eigenvalue weighted by atomic mass is 10.0. The van der Waals surface area contributed by atoms with Gasteiger partial charge in [0.2, 0.25) is 0 Å². The zero-order valence-corrected chi connectivity index (χ0v) is 17.8. The Bertz CT molecular complexity index is 978. The Morgan fingerprint density at radius 1 is 1.03 bits per heavy atom. The van der Waals surface area contributed by atoms with Gasteiger partial charge in [-0.2, -0.15) is 0 Å². The third-order valence-corrected chi connectivity index (χ3v) is 5.60. The third kappa shape index (κ3) is 5.47. The molecule has 0 atom stereocenters. The summed E-state index contributed by atoms with van der Waals surface area (Å²) in [5.41, 5.74) is 1.93. The topological polar surface area (TPSA) is 63.9 Å². The molecule has 1 N–H and O–H groups in total. The van der Waals surface area contributed by atoms with Crippen LogP contribution in [0.1, 0.15) is 34.5 Å². The van der Waals surface area contributed by atoms with Crippen molar-refractivity contribution in [2.45, 2.75) is 32.0 Å². The van der Waals surface area contributed by atoms with Crippen molar-refractivity contribution in [3.63, 3.8) is 0 Å². The van der Waals surface area contributed by atoms with E-state index < -0.39 is 0 Å². The van der Waals surface area contributed by atoms with E-state index in [9.17, 15) is 4.79 Å². The molecule has 0 aliphatic carbocycles. The Labute approximate surface area is 182 Å². The van der Waals surface area contributed by atoms with Gasteiger partial charge in [0.1, 0.15) is 18.1 Å². The lowest BCUT2D eigenvalue weighted by molar-refractivity contribution is 0.0877. The molecule has 6 nitrogen and oxygen atoms in total. The number of para-hydroxylation sites is 2. The van der Waals surface area contributed by atoms with Gasteiger partial charge in [-0.1, -0.05) is 36.4 Å². The summed E-state index contributed by atoms with van der Waals surface area (Å²) < 4.78 is 16.7. The normalized spacial score (nSPS) is 14.9. The first kappa shape index (κ1) is 21.0. The number of piperidine rings is 1. The zero-order chi connectivity index (χ0) is 21.5. The van der Waals surface area contributed by atoms with Gasteiger partial charge < -0.3 is 19.2 Å². The van der Waals surface area contributed by atoms with E-state index in [-0.39, 0.29) is 11.9 Å². The van der Waals surface area contributed by atoms with Crippen LogP contribution in [0.3, 0.4) is 0 Å². The van der Waals surface area contributed by atoms with Crippen molar-refractivity contribution >= 4 is 5.91 Å². The first-order valence-corrected chi connectivity index (χ1v) is 10.6. The highest BCUT2D eigenvalue weighted by molar-refractivity contribution is 5.93. The molecular formula is C25H28N2O4. The van der Waals surface area contributed by atoms with E-state index in [1.54, 1.807) is 13.2 Å². The number of carbonyl (C=O) groups excluding carboxylic acids is 1. The number of nitrogens with zero attached hydrogens (tertiary/aromatic N) is 1. The van der Waals surface area contributed by atoms with E-state index in [0.29, 0.717) is 12.4 Å². The van der Waals surface area contributed by atoms with E-state index in [4.69, 9.17) is 13.9 Å². The van der Waals surface area contributed by atoms with Gasteiger partial charge in [0.05, 0.1) is 13.4 Å². The van der Waals surface area contributed by atoms with Crippen molar-refractivity contribution in [2.24, 2.45) is 0 Å². The van der Waals surface area contributed by atoms with Crippen molar-refractivity contribution in [3.05, 3.63) is 83.8 Å². The van der Waals surface area contributed by atoms with E-state index in [2.05, 4.69) is 16.3 Å². The summed E-state index contributed by atoms with van der Waals surface area (Å²) in [6.45, 7) is 2.99. The second-order valence-corrected chi connectivity index (χ2v) is 7.71. The molecular weight excluding hydrogens is 392 g/mol. The average Bonchev–Trinajstić information content (AvgIpc) is 3.29. The molecule has 1 aliphatic rings. The van der Waals surface area contributed by atoms with Crippen LogP contribution in [0.4, 0.5) is 0 Å². The van der Waals surface area contributed by atoms with Crippen LogP contribution in [-0.4, -0.2) is 37.0 Å². The lowest BCUT2D eigenvalue weighted by Gasteiger charge is -2.32. The lowest BCUT2D eigenvalue weighted by Crippen LogP contribution is -2.44. The molecule has 162 valence electrons. The monoisotopic (exact) mass is 420 g/mol. The van der Waals surface area contributed by atoms with Crippen molar-refractivity contribution in [2.75, 3.05) is 20.2 Å². The van der Waals surface area contributed by atoms with E-state index in [0.717, 1.165) is 49.5 Å². The van der Waals surface area contributed by atoms with Crippen LogP contribution in [0.15, 0.2) is 71.3 Å². The Kier molecular flexibility index (Phi) is 6.89. The summed E-state index contributed by atoms with van der Waals surface area (Å²) in [6.07, 6.45) is 3.34. The summed E-state index contributed by atoms with van der Waals surface area (Å²) in [7, 11) is 1.70. The number of furan rings is 1. The molecule has 0 bridgehead atoms. The van der Waals surface area contributed by atoms with Gasteiger partial charge in [0.25, 0.3) is 5.91 Å². The minimum absolute atomic E-state index is 0.134. The molecule has 1 fully saturated rings. The fraction of sp³-hybridized carbons (Fsp3) is 0.320. The van der Waals surface area contributed by atoms with Crippen LogP contribution in [0, 0.1) is 0 Å². The van der Waals surface area contributed by atoms with Crippen molar-refractivity contribution in [3.8, 4) is 11.5 Å². The van der Waals surface area contributed by atoms with Gasteiger partial charge in [-0.25, -0.2) is 0 Å². The number of ether oxygens (including phenoxy) is 2. The summed E-state index contributed by atoms with van der Waals surface area (Å²) in [4.78, 5) is 15.2. The van der Waals surface area contributed by atoms with Crippen LogP contribution < -0.4 is 14.8 Å². The third-order valence-electron chi connectivity index (χ3n) is 5.60. The standard InChI is InChI=1S/C25H28N2O4/c1-29-23-10-6-5-7-19(23)17-27-14-11-21(12-15-27)26-25(28)24-20(13-16-30-24)18-31-22-8-3-2-4-9-22/h2-10,13,16,21H,11-12,14-15,17-18H2,1H3,(H,26,28). The predicted octanol–water partition coefficient (Wildman–Crippen LogP) is 4.26. The number of hydrogen-bond acceptors (Lipinski definition) is 5. The number of methoxy groups -OCH3 is 1. The van der Waals surface area contributed by atoms with Gasteiger partial charge >= 0.3 is 0 Å². The summed E-state index contributed by atoms with van der Waals surface area (Å²) >= 11 is 0. The Morgan fingerprint density at radius 2 is 1.77 bits per heavy atom. The number of carbonyl (C=O) groups is 1. The van der Waals surface area contributed by atoms with Crippen molar-refractivity contribution in [1.29, 1.82) is 0 Å². The van der Waals surface area contributed by atoms with Crippen molar-refractivity contribution in [1.82, 2.24) is 10.2 Å². The van der Waals surface area contributed by atoms with Crippen LogP contribution >= 0.6 is 0 Å². The molecule has 1 saturated heterocycles. The molecule has 0 unspecified atom stereocenters. The molecule has 6 heteroatoms. The van der Waals surface area contributed by atoms with E-state index in [1.165, 1.54) is 11.8 Å². The van der Waals surface area contributed by atoms with Gasteiger partial charge in [-0.15, -0.1) is 0 Å². The zero-order valence-electron chi connectivity index (χ0n) is 17.8. The molecule has 1 amide bonds. The average molecular weight is 421 g/mol. The maximum Gasteiger partial charge on any atom is 0.287 e. The second-order valence-electron chi connectivity index (χ2n) is 7.71. The molecule has 2 heterocycles. The largest absolute Gasteiger partial charge is 0.496 e. The number of amides is 1. The molecule has 0 saturated carbocycles. The number of likely N-dealkylation sites (tertiary alicyclic amines) is 1. The Morgan fingerprint density at radius 3 is 2.55 bits per heavy atom. The summed E-state index contributed by atoms with van der Waals surface area (Å²) in [5.74, 6) is 1.82. The Balaban J connectivity index is 1.27. The van der Waals surface area contributed by atoms with Crippen LogP contribution in [0.25, 0.3) is 0 Å². The van der Waals surface area contributed by atoms with Crippen LogP contribution in [0.5, 0.6) is 11.5 Å². The summed E-state index contributed by atoms with van der Waals surface area (Å²) in [5, 5.41) is 3.13. The van der Waals surface area contributed by atoms with E-state index >= 15 is 0 Å². The minimum Gasteiger partial charge on any atom is -0.496 e. The molecule has 1 aromatic heterocycles. The fourth-order valence-electron chi connectivity index (χ4n) is 3.89. The minimum atomic E-state index is -0.181. The molecule has 31 heavy (non-hydrogen) atoms. The fourth-order valence-corrected chi connectivity index (χ4v) is 3.89. The SMILES string of the molecule is COc1ccccc1CN1CCC(NC(=O)c2occc2COc2ccccc2)CC1. The maximum atomic E-state index is 12.8. The van der Waals surface area contributed by atoms with Crippen LogP contribution in [0.2, 0.25) is 0 Å². The highest BCUT2D eigenvalue weighted by Gasteiger charge is 2.24. The van der Waals surface area contributed by atoms with Gasteiger partial charge in [0.15, 0.2) is 5.76 Å². The highest BCUT2D eigenvalue weighted by Crippen LogP contribution is 2.22. The molecule has 0 spiro atoms. The number of nitrogens with one attached hydrogen (secondary N) is 1. The molecule has 3 aromatic rings. The Hall–Kier alpha value is -3.25. The van der Waals surface area contributed by atoms with Gasteiger partial charge in [-0.3, -0.25) is 9.69 Å². The quantitative estimate of drug-likeness (QED) is 0.590. The van der Waals surface area contributed by atoms with Crippen LogP contribution in [-0.2, 0) is 13.2 Å². The number of hydrogen-bond donors (Lipinski definition) is 1. The summed E-state index contributed by atoms with van der Waals surface area (Å²) in [6, 6.07) is 19.6. The molecule has 4 rings (SSSR count). The van der Waals surface area contributed by atoms with Crippen molar-refractivity contribution < 1.29 is 18.7 Å². The van der Waals surface area contributed by atoms with E-state index in [1.807, 2.05) is 48.5 Å². The first-order chi connectivity index (χ1) is 15.2. The molecule has 1 aliphatic heterocycles. The number of rotatable bonds is 8. The molecule has 0 radical (unpaired) electrons.